The molecule has 1 heterocycles. The van der Waals surface area contributed by atoms with E-state index in [0.717, 1.165) is 6.08 Å². The molecule has 0 radical (unpaired) electrons. The van der Waals surface area contributed by atoms with E-state index in [2.05, 4.69) is 11.3 Å². The number of rotatable bonds is 4. The van der Waals surface area contributed by atoms with Crippen LogP contribution in [0.1, 0.15) is 0 Å². The van der Waals surface area contributed by atoms with Gasteiger partial charge >= 0.3 is 12.1 Å². The quantitative estimate of drug-likeness (QED) is 0.462. The number of nitrogens with zero attached hydrogens (tertiary/aromatic N) is 1. The lowest BCUT2D eigenvalue weighted by Gasteiger charge is -2.11. The summed E-state index contributed by atoms with van der Waals surface area (Å²) in [6.45, 7) is 4.77. The first-order valence-corrected chi connectivity index (χ1v) is 3.95. The van der Waals surface area contributed by atoms with E-state index < -0.39 is 5.97 Å². The van der Waals surface area contributed by atoms with Crippen molar-refractivity contribution in [3.63, 3.8) is 0 Å². The minimum Gasteiger partial charge on any atom is -0.461 e. The number of cyclic esters (lactones) is 1. The summed E-state index contributed by atoms with van der Waals surface area (Å²) in [5.74, 6) is -0.479. The zero-order chi connectivity index (χ0) is 9.68. The molecule has 0 aromatic heterocycles. The summed E-state index contributed by atoms with van der Waals surface area (Å²) in [7, 11) is 0. The molecule has 1 aliphatic rings. The van der Waals surface area contributed by atoms with Crippen LogP contribution in [0, 0.1) is 0 Å². The van der Waals surface area contributed by atoms with E-state index in [-0.39, 0.29) is 12.7 Å². The van der Waals surface area contributed by atoms with Gasteiger partial charge in [0.05, 0.1) is 13.1 Å². The second-order valence-electron chi connectivity index (χ2n) is 2.47. The van der Waals surface area contributed by atoms with Crippen LogP contribution in [-0.4, -0.2) is 43.3 Å². The second-order valence-corrected chi connectivity index (χ2v) is 2.47. The minimum absolute atomic E-state index is 0.181. The van der Waals surface area contributed by atoms with Crippen molar-refractivity contribution in [2.75, 3.05) is 26.3 Å². The molecule has 72 valence electrons. The minimum atomic E-state index is -0.479. The van der Waals surface area contributed by atoms with Crippen molar-refractivity contribution in [3.05, 3.63) is 12.7 Å². The second kappa shape index (κ2) is 4.49. The number of hydrogen-bond acceptors (Lipinski definition) is 4. The van der Waals surface area contributed by atoms with Crippen LogP contribution in [0.25, 0.3) is 0 Å². The normalized spacial score (nSPS) is 15.4. The highest BCUT2D eigenvalue weighted by molar-refractivity contribution is 5.81. The molecule has 0 aromatic carbocycles. The maximum Gasteiger partial charge on any atom is 0.410 e. The average molecular weight is 185 g/mol. The first-order valence-electron chi connectivity index (χ1n) is 3.95. The fourth-order valence-electron chi connectivity index (χ4n) is 0.944. The molecule has 1 saturated heterocycles. The van der Waals surface area contributed by atoms with Crippen LogP contribution >= 0.6 is 0 Å². The lowest BCUT2D eigenvalue weighted by molar-refractivity contribution is -0.137. The van der Waals surface area contributed by atoms with Crippen LogP contribution in [0.3, 0.4) is 0 Å². The standard InChI is InChI=1S/C8H11NO4/c1-2-7(10)12-5-3-9-4-6-13-8(9)11/h2H,1,3-6H2. The van der Waals surface area contributed by atoms with E-state index in [1.165, 1.54) is 4.90 Å². The molecule has 5 heteroatoms. The molecule has 1 amide bonds. The molecule has 13 heavy (non-hydrogen) atoms. The summed E-state index contributed by atoms with van der Waals surface area (Å²) < 4.78 is 9.37. The third-order valence-corrected chi connectivity index (χ3v) is 1.62. The van der Waals surface area contributed by atoms with E-state index in [1.807, 2.05) is 0 Å². The van der Waals surface area contributed by atoms with Crippen molar-refractivity contribution in [1.29, 1.82) is 0 Å². The number of hydrogen-bond donors (Lipinski definition) is 0. The number of esters is 1. The molecule has 0 aromatic rings. The Morgan fingerprint density at radius 3 is 3.08 bits per heavy atom. The maximum absolute atomic E-state index is 10.9. The van der Waals surface area contributed by atoms with Gasteiger partial charge < -0.3 is 14.4 Å². The van der Waals surface area contributed by atoms with Gasteiger partial charge in [0.1, 0.15) is 13.2 Å². The zero-order valence-electron chi connectivity index (χ0n) is 7.19. The number of carbonyl (C=O) groups excluding carboxylic acids is 2. The van der Waals surface area contributed by atoms with Gasteiger partial charge in [-0.1, -0.05) is 6.58 Å². The summed E-state index contributed by atoms with van der Waals surface area (Å²) in [4.78, 5) is 22.9. The number of ether oxygens (including phenoxy) is 2. The highest BCUT2D eigenvalue weighted by atomic mass is 16.6. The Bertz CT molecular complexity index is 226. The summed E-state index contributed by atoms with van der Waals surface area (Å²) >= 11 is 0. The molecule has 0 unspecified atom stereocenters. The number of carbonyl (C=O) groups is 2. The van der Waals surface area contributed by atoms with Crippen molar-refractivity contribution in [2.24, 2.45) is 0 Å². The molecular formula is C8H11NO4. The van der Waals surface area contributed by atoms with Crippen LogP contribution in [-0.2, 0) is 14.3 Å². The largest absolute Gasteiger partial charge is 0.461 e. The van der Waals surface area contributed by atoms with E-state index in [9.17, 15) is 9.59 Å². The van der Waals surface area contributed by atoms with Gasteiger partial charge in [-0.3, -0.25) is 0 Å². The van der Waals surface area contributed by atoms with Crippen LogP contribution in [0.4, 0.5) is 4.79 Å². The molecule has 0 bridgehead atoms. The fraction of sp³-hybridized carbons (Fsp3) is 0.500. The Labute approximate surface area is 75.9 Å². The van der Waals surface area contributed by atoms with Gasteiger partial charge in [0.2, 0.25) is 0 Å². The van der Waals surface area contributed by atoms with Crippen LogP contribution in [0.2, 0.25) is 0 Å². The predicted octanol–water partition coefficient (Wildman–Crippen LogP) is 0.168. The molecule has 1 aliphatic heterocycles. The van der Waals surface area contributed by atoms with Crippen molar-refractivity contribution < 1.29 is 19.1 Å². The van der Waals surface area contributed by atoms with Gasteiger partial charge in [0.15, 0.2) is 0 Å². The molecule has 0 saturated carbocycles. The van der Waals surface area contributed by atoms with Crippen molar-refractivity contribution in [3.8, 4) is 0 Å². The third-order valence-electron chi connectivity index (χ3n) is 1.62. The Morgan fingerprint density at radius 2 is 2.54 bits per heavy atom. The zero-order valence-corrected chi connectivity index (χ0v) is 7.19. The van der Waals surface area contributed by atoms with Gasteiger partial charge in [-0.15, -0.1) is 0 Å². The smallest absolute Gasteiger partial charge is 0.410 e. The van der Waals surface area contributed by atoms with Gasteiger partial charge in [0.25, 0.3) is 0 Å². The van der Waals surface area contributed by atoms with E-state index in [4.69, 9.17) is 4.74 Å². The molecule has 0 aliphatic carbocycles. The molecule has 0 atom stereocenters. The average Bonchev–Trinajstić information content (AvgIpc) is 2.52. The van der Waals surface area contributed by atoms with Crippen LogP contribution in [0.15, 0.2) is 12.7 Å². The molecule has 1 fully saturated rings. The fourth-order valence-corrected chi connectivity index (χ4v) is 0.944. The Hall–Kier alpha value is -1.52. The van der Waals surface area contributed by atoms with Crippen molar-refractivity contribution in [2.45, 2.75) is 0 Å². The first kappa shape index (κ1) is 9.57. The molecule has 0 N–H and O–H groups in total. The highest BCUT2D eigenvalue weighted by Gasteiger charge is 2.21. The van der Waals surface area contributed by atoms with Crippen LogP contribution < -0.4 is 0 Å². The Kier molecular flexibility index (Phi) is 3.31. The highest BCUT2D eigenvalue weighted by Crippen LogP contribution is 2.01. The van der Waals surface area contributed by atoms with E-state index in [0.29, 0.717) is 19.7 Å². The Balaban J connectivity index is 2.15. The van der Waals surface area contributed by atoms with Crippen molar-refractivity contribution >= 4 is 12.1 Å². The summed E-state index contributed by atoms with van der Waals surface area (Å²) in [5, 5.41) is 0. The molecule has 5 nitrogen and oxygen atoms in total. The number of amides is 1. The first-order chi connectivity index (χ1) is 6.24. The van der Waals surface area contributed by atoms with E-state index in [1.54, 1.807) is 0 Å². The third kappa shape index (κ3) is 2.77. The van der Waals surface area contributed by atoms with Crippen LogP contribution in [0.5, 0.6) is 0 Å². The van der Waals surface area contributed by atoms with Gasteiger partial charge in [-0.05, 0) is 0 Å². The summed E-state index contributed by atoms with van der Waals surface area (Å²) in [6.07, 6.45) is 0.733. The maximum atomic E-state index is 10.9. The molecule has 0 spiro atoms. The van der Waals surface area contributed by atoms with Crippen molar-refractivity contribution in [1.82, 2.24) is 4.90 Å². The van der Waals surface area contributed by atoms with Gasteiger partial charge in [0, 0.05) is 6.08 Å². The lowest BCUT2D eigenvalue weighted by atomic mass is 10.5. The Morgan fingerprint density at radius 1 is 1.77 bits per heavy atom. The topological polar surface area (TPSA) is 55.8 Å². The van der Waals surface area contributed by atoms with Gasteiger partial charge in [-0.2, -0.15) is 0 Å². The van der Waals surface area contributed by atoms with E-state index >= 15 is 0 Å². The predicted molar refractivity (Wildman–Crippen MR) is 44.1 cm³/mol. The summed E-state index contributed by atoms with van der Waals surface area (Å²) in [5.41, 5.74) is 0. The molecular weight excluding hydrogens is 174 g/mol. The summed E-state index contributed by atoms with van der Waals surface area (Å²) in [6, 6.07) is 0. The molecule has 1 rings (SSSR count). The lowest BCUT2D eigenvalue weighted by Crippen LogP contribution is -2.28. The van der Waals surface area contributed by atoms with Gasteiger partial charge in [-0.25, -0.2) is 9.59 Å². The monoisotopic (exact) mass is 185 g/mol. The SMILES string of the molecule is C=CC(=O)OCCN1CCOC1=O.